The summed E-state index contributed by atoms with van der Waals surface area (Å²) >= 11 is 0. The predicted octanol–water partition coefficient (Wildman–Crippen LogP) is 4.43. The van der Waals surface area contributed by atoms with Crippen LogP contribution in [0.25, 0.3) is 11.1 Å². The van der Waals surface area contributed by atoms with E-state index in [9.17, 15) is 4.79 Å². The molecule has 0 amide bonds. The normalized spacial score (nSPS) is 15.1. The molecule has 1 aliphatic rings. The van der Waals surface area contributed by atoms with Gasteiger partial charge in [0.15, 0.2) is 6.29 Å². The van der Waals surface area contributed by atoms with Crippen molar-refractivity contribution in [3.8, 4) is 11.1 Å². The third-order valence-corrected chi connectivity index (χ3v) is 3.89. The lowest BCUT2D eigenvalue weighted by atomic mass is 9.80. The van der Waals surface area contributed by atoms with Gasteiger partial charge in [0.05, 0.1) is 0 Å². The second-order valence-corrected chi connectivity index (χ2v) is 4.95. The van der Waals surface area contributed by atoms with Gasteiger partial charge in [-0.3, -0.25) is 4.79 Å². The van der Waals surface area contributed by atoms with Crippen molar-refractivity contribution in [2.24, 2.45) is 0 Å². The summed E-state index contributed by atoms with van der Waals surface area (Å²) in [6.45, 7) is 0. The monoisotopic (exact) mass is 236 g/mol. The molecule has 2 aromatic rings. The first-order valence-corrected chi connectivity index (χ1v) is 6.53. The molecule has 0 saturated heterocycles. The van der Waals surface area contributed by atoms with Crippen molar-refractivity contribution in [1.29, 1.82) is 0 Å². The van der Waals surface area contributed by atoms with E-state index in [1.165, 1.54) is 24.8 Å². The maximum Gasteiger partial charge on any atom is 0.150 e. The summed E-state index contributed by atoms with van der Waals surface area (Å²) in [5.74, 6) is 0.764. The smallest absolute Gasteiger partial charge is 0.150 e. The number of benzene rings is 2. The minimum Gasteiger partial charge on any atom is -0.298 e. The highest BCUT2D eigenvalue weighted by Gasteiger charge is 2.19. The van der Waals surface area contributed by atoms with Gasteiger partial charge in [-0.25, -0.2) is 0 Å². The Morgan fingerprint density at radius 2 is 1.67 bits per heavy atom. The first-order valence-electron chi connectivity index (χ1n) is 6.53. The van der Waals surface area contributed by atoms with Crippen molar-refractivity contribution >= 4 is 6.29 Å². The van der Waals surface area contributed by atoms with E-state index in [1.807, 2.05) is 24.3 Å². The molecule has 1 heteroatoms. The summed E-state index contributed by atoms with van der Waals surface area (Å²) in [4.78, 5) is 11.0. The molecule has 0 spiro atoms. The Kier molecular flexibility index (Phi) is 2.97. The third kappa shape index (κ3) is 1.97. The van der Waals surface area contributed by atoms with E-state index >= 15 is 0 Å². The van der Waals surface area contributed by atoms with Crippen LogP contribution in [0, 0.1) is 0 Å². The Labute approximate surface area is 107 Å². The van der Waals surface area contributed by atoms with Crippen molar-refractivity contribution < 1.29 is 4.79 Å². The van der Waals surface area contributed by atoms with E-state index in [4.69, 9.17) is 0 Å². The zero-order valence-corrected chi connectivity index (χ0v) is 10.3. The summed E-state index contributed by atoms with van der Waals surface area (Å²) < 4.78 is 0. The second-order valence-electron chi connectivity index (χ2n) is 4.95. The average Bonchev–Trinajstić information content (AvgIpc) is 2.38. The standard InChI is InChI=1S/C17H16O/c18-12-16-4-1-2-7-17(16)15-10-8-14(9-11-15)13-5-3-6-13/h1-2,4,7-13H,3,5-6H2. The lowest BCUT2D eigenvalue weighted by Crippen LogP contribution is -2.08. The quantitative estimate of drug-likeness (QED) is 0.720. The maximum absolute atomic E-state index is 11.0. The van der Waals surface area contributed by atoms with Gasteiger partial charge in [0.2, 0.25) is 0 Å². The fourth-order valence-corrected chi connectivity index (χ4v) is 2.54. The van der Waals surface area contributed by atoms with Crippen LogP contribution >= 0.6 is 0 Å². The van der Waals surface area contributed by atoms with Gasteiger partial charge in [0.1, 0.15) is 0 Å². The van der Waals surface area contributed by atoms with Crippen molar-refractivity contribution in [1.82, 2.24) is 0 Å². The summed E-state index contributed by atoms with van der Waals surface area (Å²) in [6.07, 6.45) is 4.93. The number of rotatable bonds is 3. The molecular weight excluding hydrogens is 220 g/mol. The van der Waals surface area contributed by atoms with Gasteiger partial charge in [-0.15, -0.1) is 0 Å². The van der Waals surface area contributed by atoms with Crippen LogP contribution in [0.1, 0.15) is 41.1 Å². The molecule has 0 bridgehead atoms. The van der Waals surface area contributed by atoms with E-state index < -0.39 is 0 Å². The Morgan fingerprint density at radius 3 is 2.28 bits per heavy atom. The molecule has 0 aromatic heterocycles. The number of carbonyl (C=O) groups excluding carboxylic acids is 1. The van der Waals surface area contributed by atoms with E-state index in [1.54, 1.807) is 0 Å². The third-order valence-electron chi connectivity index (χ3n) is 3.89. The molecule has 1 nitrogen and oxygen atoms in total. The summed E-state index contributed by atoms with van der Waals surface area (Å²) in [5, 5.41) is 0. The highest BCUT2D eigenvalue weighted by atomic mass is 16.1. The van der Waals surface area contributed by atoms with Gasteiger partial charge < -0.3 is 0 Å². The molecule has 0 atom stereocenters. The summed E-state index contributed by atoms with van der Waals surface area (Å²) in [5.41, 5.74) is 4.34. The molecule has 0 N–H and O–H groups in total. The molecule has 0 unspecified atom stereocenters. The molecule has 0 aliphatic heterocycles. The van der Waals surface area contributed by atoms with Crippen molar-refractivity contribution in [3.05, 3.63) is 59.7 Å². The van der Waals surface area contributed by atoms with Gasteiger partial charge in [-0.1, -0.05) is 55.0 Å². The Morgan fingerprint density at radius 1 is 0.944 bits per heavy atom. The van der Waals surface area contributed by atoms with Gasteiger partial charge >= 0.3 is 0 Å². The lowest BCUT2D eigenvalue weighted by Gasteiger charge is -2.25. The minimum atomic E-state index is 0.758. The van der Waals surface area contributed by atoms with Crippen LogP contribution in [0.15, 0.2) is 48.5 Å². The molecule has 3 rings (SSSR count). The van der Waals surface area contributed by atoms with Crippen LogP contribution in [0.2, 0.25) is 0 Å². The van der Waals surface area contributed by atoms with Crippen LogP contribution in [0.4, 0.5) is 0 Å². The Bertz CT molecular complexity index is 550. The average molecular weight is 236 g/mol. The number of aldehydes is 1. The van der Waals surface area contributed by atoms with Gasteiger partial charge in [0.25, 0.3) is 0 Å². The lowest BCUT2D eigenvalue weighted by molar-refractivity contribution is 0.112. The topological polar surface area (TPSA) is 17.1 Å². The van der Waals surface area contributed by atoms with Crippen molar-refractivity contribution in [2.45, 2.75) is 25.2 Å². The number of hydrogen-bond donors (Lipinski definition) is 0. The van der Waals surface area contributed by atoms with Crippen molar-refractivity contribution in [3.63, 3.8) is 0 Å². The molecule has 18 heavy (non-hydrogen) atoms. The van der Waals surface area contributed by atoms with Crippen LogP contribution < -0.4 is 0 Å². The van der Waals surface area contributed by atoms with Gasteiger partial charge in [-0.05, 0) is 35.4 Å². The molecule has 1 fully saturated rings. The van der Waals surface area contributed by atoms with Crippen molar-refractivity contribution in [2.75, 3.05) is 0 Å². The first-order chi connectivity index (χ1) is 8.88. The number of hydrogen-bond acceptors (Lipinski definition) is 1. The molecule has 0 radical (unpaired) electrons. The van der Waals surface area contributed by atoms with E-state index in [0.717, 1.165) is 28.9 Å². The SMILES string of the molecule is O=Cc1ccccc1-c1ccc(C2CCC2)cc1. The highest BCUT2D eigenvalue weighted by Crippen LogP contribution is 2.37. The van der Waals surface area contributed by atoms with E-state index in [0.29, 0.717) is 0 Å². The Hall–Kier alpha value is -1.89. The molecule has 2 aromatic carbocycles. The molecule has 1 aliphatic carbocycles. The van der Waals surface area contributed by atoms with Gasteiger partial charge in [0, 0.05) is 5.56 Å². The van der Waals surface area contributed by atoms with Crippen LogP contribution in [-0.2, 0) is 0 Å². The fourth-order valence-electron chi connectivity index (χ4n) is 2.54. The van der Waals surface area contributed by atoms with E-state index in [2.05, 4.69) is 24.3 Å². The molecule has 1 saturated carbocycles. The Balaban J connectivity index is 1.94. The van der Waals surface area contributed by atoms with E-state index in [-0.39, 0.29) is 0 Å². The van der Waals surface area contributed by atoms with Gasteiger partial charge in [-0.2, -0.15) is 0 Å². The predicted molar refractivity (Wildman–Crippen MR) is 73.9 cm³/mol. The summed E-state index contributed by atoms with van der Waals surface area (Å²) in [6, 6.07) is 16.4. The molecular formula is C17H16O. The molecule has 0 heterocycles. The summed E-state index contributed by atoms with van der Waals surface area (Å²) in [7, 11) is 0. The van der Waals surface area contributed by atoms with Crippen LogP contribution in [0.5, 0.6) is 0 Å². The molecule has 90 valence electrons. The zero-order valence-electron chi connectivity index (χ0n) is 10.3. The first kappa shape index (κ1) is 11.2. The fraction of sp³-hybridized carbons (Fsp3) is 0.235. The van der Waals surface area contributed by atoms with Crippen LogP contribution in [0.3, 0.4) is 0 Å². The second kappa shape index (κ2) is 4.77. The maximum atomic E-state index is 11.0. The highest BCUT2D eigenvalue weighted by molar-refractivity contribution is 5.87. The largest absolute Gasteiger partial charge is 0.298 e. The zero-order chi connectivity index (χ0) is 12.4. The van der Waals surface area contributed by atoms with Crippen LogP contribution in [-0.4, -0.2) is 6.29 Å². The minimum absolute atomic E-state index is 0.758. The number of carbonyl (C=O) groups is 1.